The summed E-state index contributed by atoms with van der Waals surface area (Å²) in [5, 5.41) is 18.8. The number of hydrogen-bond donors (Lipinski definition) is 2. The lowest BCUT2D eigenvalue weighted by molar-refractivity contribution is 0.133. The van der Waals surface area contributed by atoms with Gasteiger partial charge in [-0.3, -0.25) is 0 Å². The first-order valence-electron chi connectivity index (χ1n) is 6.62. The number of anilines is 1. The van der Waals surface area contributed by atoms with E-state index in [0.717, 1.165) is 12.8 Å². The van der Waals surface area contributed by atoms with Crippen LogP contribution in [0.15, 0.2) is 12.1 Å². The second-order valence-corrected chi connectivity index (χ2v) is 5.54. The first kappa shape index (κ1) is 12.8. The van der Waals surface area contributed by atoms with Gasteiger partial charge in [-0.2, -0.15) is 0 Å². The Bertz CT molecular complexity index is 471. The molecule has 1 aromatic rings. The van der Waals surface area contributed by atoms with Crippen molar-refractivity contribution in [1.29, 1.82) is 0 Å². The summed E-state index contributed by atoms with van der Waals surface area (Å²) < 4.78 is 27.9. The summed E-state index contributed by atoms with van der Waals surface area (Å²) in [6.45, 7) is 0.713. The summed E-state index contributed by atoms with van der Waals surface area (Å²) in [5.41, 5.74) is 0.206. The number of halogens is 2. The van der Waals surface area contributed by atoms with Gasteiger partial charge >= 0.3 is 0 Å². The topological polar surface area (TPSA) is 43.7 Å². The van der Waals surface area contributed by atoms with Crippen LogP contribution in [0.25, 0.3) is 0 Å². The largest absolute Gasteiger partial charge is 0.393 e. The Labute approximate surface area is 110 Å². The van der Waals surface area contributed by atoms with Crippen LogP contribution < -0.4 is 4.90 Å². The molecule has 104 valence electrons. The SMILES string of the molecule is OCc1cc(F)c(N2CC3CCC(O)C3C2)c(F)c1. The maximum absolute atomic E-state index is 14.0. The molecule has 3 unspecified atom stereocenters. The molecule has 0 bridgehead atoms. The lowest BCUT2D eigenvalue weighted by Crippen LogP contribution is -2.26. The standard InChI is InChI=1S/C14H17F2NO2/c15-11-3-8(7-18)4-12(16)14(11)17-5-9-1-2-13(19)10(9)6-17/h3-4,9-10,13,18-19H,1-2,5-7H2. The lowest BCUT2D eigenvalue weighted by Gasteiger charge is -2.22. The van der Waals surface area contributed by atoms with E-state index in [1.54, 1.807) is 4.90 Å². The molecule has 0 amide bonds. The highest BCUT2D eigenvalue weighted by atomic mass is 19.1. The zero-order valence-corrected chi connectivity index (χ0v) is 10.5. The minimum Gasteiger partial charge on any atom is -0.393 e. The van der Waals surface area contributed by atoms with E-state index < -0.39 is 11.6 Å². The van der Waals surface area contributed by atoms with Crippen LogP contribution in [0.5, 0.6) is 0 Å². The number of hydrogen-bond acceptors (Lipinski definition) is 3. The van der Waals surface area contributed by atoms with Gasteiger partial charge in [0, 0.05) is 19.0 Å². The van der Waals surface area contributed by atoms with Crippen LogP contribution in [0.1, 0.15) is 18.4 Å². The van der Waals surface area contributed by atoms with Crippen LogP contribution in [0.4, 0.5) is 14.5 Å². The molecular weight excluding hydrogens is 252 g/mol. The molecule has 1 saturated carbocycles. The average molecular weight is 269 g/mol. The fraction of sp³-hybridized carbons (Fsp3) is 0.571. The Balaban J connectivity index is 1.88. The summed E-state index contributed by atoms with van der Waals surface area (Å²) in [6.07, 6.45) is 1.36. The van der Waals surface area contributed by atoms with Crippen molar-refractivity contribution in [3.63, 3.8) is 0 Å². The summed E-state index contributed by atoms with van der Waals surface area (Å²) in [5.74, 6) is -0.834. The van der Waals surface area contributed by atoms with Crippen LogP contribution >= 0.6 is 0 Å². The maximum atomic E-state index is 14.0. The molecule has 1 aliphatic heterocycles. The van der Waals surface area contributed by atoms with Gasteiger partial charge < -0.3 is 15.1 Å². The van der Waals surface area contributed by atoms with Gasteiger partial charge in [0.1, 0.15) is 17.3 Å². The minimum atomic E-state index is -0.640. The van der Waals surface area contributed by atoms with E-state index in [-0.39, 0.29) is 29.9 Å². The summed E-state index contributed by atoms with van der Waals surface area (Å²) in [7, 11) is 0. The average Bonchev–Trinajstić information content (AvgIpc) is 2.91. The van der Waals surface area contributed by atoms with Gasteiger partial charge in [-0.05, 0) is 36.5 Å². The highest BCUT2D eigenvalue weighted by molar-refractivity contribution is 5.52. The van der Waals surface area contributed by atoms with Crippen molar-refractivity contribution in [1.82, 2.24) is 0 Å². The lowest BCUT2D eigenvalue weighted by atomic mass is 10.00. The molecule has 1 aromatic carbocycles. The van der Waals surface area contributed by atoms with Crippen LogP contribution in [0, 0.1) is 23.5 Å². The molecule has 1 aliphatic carbocycles. The van der Waals surface area contributed by atoms with Gasteiger partial charge in [-0.15, -0.1) is 0 Å². The Hall–Kier alpha value is -1.20. The highest BCUT2D eigenvalue weighted by Gasteiger charge is 2.42. The predicted molar refractivity (Wildman–Crippen MR) is 66.7 cm³/mol. The fourth-order valence-corrected chi connectivity index (χ4v) is 3.43. The second-order valence-electron chi connectivity index (χ2n) is 5.54. The van der Waals surface area contributed by atoms with Crippen molar-refractivity contribution in [2.24, 2.45) is 11.8 Å². The highest BCUT2D eigenvalue weighted by Crippen LogP contribution is 2.41. The molecule has 0 radical (unpaired) electrons. The Morgan fingerprint density at radius 1 is 1.16 bits per heavy atom. The van der Waals surface area contributed by atoms with Gasteiger partial charge in [-0.1, -0.05) is 0 Å². The first-order chi connectivity index (χ1) is 9.10. The molecule has 1 heterocycles. The molecular formula is C14H17F2NO2. The van der Waals surface area contributed by atoms with Gasteiger partial charge in [0.2, 0.25) is 0 Å². The summed E-state index contributed by atoms with van der Waals surface area (Å²) >= 11 is 0. The molecule has 2 fully saturated rings. The smallest absolute Gasteiger partial charge is 0.149 e. The van der Waals surface area contributed by atoms with Gasteiger partial charge in [0.05, 0.1) is 12.7 Å². The Kier molecular flexibility index (Phi) is 3.19. The van der Waals surface area contributed by atoms with Crippen molar-refractivity contribution >= 4 is 5.69 Å². The second kappa shape index (κ2) is 4.72. The van der Waals surface area contributed by atoms with Gasteiger partial charge in [-0.25, -0.2) is 8.78 Å². The van der Waals surface area contributed by atoms with Crippen molar-refractivity contribution in [2.45, 2.75) is 25.6 Å². The number of fused-ring (bicyclic) bond motifs is 1. The quantitative estimate of drug-likeness (QED) is 0.858. The van der Waals surface area contributed by atoms with Gasteiger partial charge in [0.15, 0.2) is 0 Å². The molecule has 1 saturated heterocycles. The van der Waals surface area contributed by atoms with Crippen LogP contribution in [0.3, 0.4) is 0 Å². The molecule has 0 spiro atoms. The number of aliphatic hydroxyl groups is 2. The molecule has 3 nitrogen and oxygen atoms in total. The molecule has 3 rings (SSSR count). The van der Waals surface area contributed by atoms with Gasteiger partial charge in [0.25, 0.3) is 0 Å². The van der Waals surface area contributed by atoms with Crippen molar-refractivity contribution in [3.8, 4) is 0 Å². The van der Waals surface area contributed by atoms with E-state index in [9.17, 15) is 13.9 Å². The predicted octanol–water partition coefficient (Wildman–Crippen LogP) is 1.66. The van der Waals surface area contributed by atoms with Crippen molar-refractivity contribution in [3.05, 3.63) is 29.3 Å². The zero-order chi connectivity index (χ0) is 13.6. The number of rotatable bonds is 2. The van der Waals surface area contributed by atoms with E-state index in [4.69, 9.17) is 5.11 Å². The van der Waals surface area contributed by atoms with E-state index in [1.165, 1.54) is 12.1 Å². The third kappa shape index (κ3) is 2.11. The Morgan fingerprint density at radius 3 is 2.42 bits per heavy atom. The van der Waals surface area contributed by atoms with Crippen LogP contribution in [0.2, 0.25) is 0 Å². The number of nitrogens with zero attached hydrogens (tertiary/aromatic N) is 1. The minimum absolute atomic E-state index is 0.0289. The van der Waals surface area contributed by atoms with E-state index in [2.05, 4.69) is 0 Å². The molecule has 0 aromatic heterocycles. The molecule has 2 aliphatic rings. The van der Waals surface area contributed by atoms with Crippen LogP contribution in [-0.2, 0) is 6.61 Å². The number of benzene rings is 1. The third-order valence-corrected chi connectivity index (χ3v) is 4.39. The van der Waals surface area contributed by atoms with E-state index in [0.29, 0.717) is 19.0 Å². The van der Waals surface area contributed by atoms with E-state index in [1.807, 2.05) is 0 Å². The van der Waals surface area contributed by atoms with Crippen LogP contribution in [-0.4, -0.2) is 29.4 Å². The zero-order valence-electron chi connectivity index (χ0n) is 10.5. The third-order valence-electron chi connectivity index (χ3n) is 4.39. The molecule has 19 heavy (non-hydrogen) atoms. The first-order valence-corrected chi connectivity index (χ1v) is 6.62. The monoisotopic (exact) mass is 269 g/mol. The van der Waals surface area contributed by atoms with Crippen molar-refractivity contribution in [2.75, 3.05) is 18.0 Å². The molecule has 2 N–H and O–H groups in total. The normalized spacial score (nSPS) is 29.9. The Morgan fingerprint density at radius 2 is 1.84 bits per heavy atom. The summed E-state index contributed by atoms with van der Waals surface area (Å²) in [4.78, 5) is 1.68. The van der Waals surface area contributed by atoms with Crippen molar-refractivity contribution < 1.29 is 19.0 Å². The summed E-state index contributed by atoms with van der Waals surface area (Å²) in [6, 6.07) is 2.34. The number of aliphatic hydroxyl groups excluding tert-OH is 2. The molecule has 5 heteroatoms. The fourth-order valence-electron chi connectivity index (χ4n) is 3.43. The maximum Gasteiger partial charge on any atom is 0.149 e. The molecule has 3 atom stereocenters. The van der Waals surface area contributed by atoms with E-state index >= 15 is 0 Å².